The summed E-state index contributed by atoms with van der Waals surface area (Å²) >= 11 is 0. The lowest BCUT2D eigenvalue weighted by atomic mass is 9.87. The second-order valence-corrected chi connectivity index (χ2v) is 19.6. The van der Waals surface area contributed by atoms with Gasteiger partial charge in [0, 0.05) is 50.6 Å². The van der Waals surface area contributed by atoms with Crippen molar-refractivity contribution < 1.29 is 84.7 Å². The van der Waals surface area contributed by atoms with Crippen molar-refractivity contribution in [3.05, 3.63) is 85.1 Å². The number of β-amino-alcohol motifs (C(OH)–C–C–N with tert-alkyl or cyclic N) is 1. The molecule has 0 radical (unpaired) electrons. The van der Waals surface area contributed by atoms with Crippen molar-refractivity contribution in [3.63, 3.8) is 0 Å². The molecule has 20 nitrogen and oxygen atoms in total. The van der Waals surface area contributed by atoms with Gasteiger partial charge in [0.05, 0.1) is 91.8 Å². The molecule has 4 heterocycles. The molecule has 0 aromatic rings. The van der Waals surface area contributed by atoms with Crippen molar-refractivity contribution in [1.29, 1.82) is 0 Å². The lowest BCUT2D eigenvalue weighted by Gasteiger charge is -2.47. The molecule has 2 amide bonds. The third-order valence-electron chi connectivity index (χ3n) is 13.5. The van der Waals surface area contributed by atoms with Crippen molar-refractivity contribution in [2.45, 2.75) is 195 Å². The number of carbonyl (C=O) groups excluding carboxylic acids is 2. The number of hydrogen-bond acceptors (Lipinski definition) is 18. The molecule has 3 saturated heterocycles. The predicted molar refractivity (Wildman–Crippen MR) is 260 cm³/mol. The van der Waals surface area contributed by atoms with Gasteiger partial charge in [0.1, 0.15) is 12.2 Å². The van der Waals surface area contributed by atoms with Gasteiger partial charge in [0.15, 0.2) is 12.1 Å². The SMILES string of the molecule is C[C@@H]1[C@H](O)[C@@H](C)/C=C/C=C/C=C/C=C/C=C/C=C/C=C/C(OC2O[C@H](C)[C@@H](O)[C@H](N)[C@@H]2O)C[C@@H]2O[C@](O)(C[C@@H](O)C[C@@H](O)[C@H](O)CC[C@@H](O)C[C@@H](O)CC(=O)O[C@H]1C)C[C@H](O)[C@H]2NC(=O)N1CC[C@H](O)C1. The van der Waals surface area contributed by atoms with Gasteiger partial charge >= 0.3 is 12.0 Å². The zero-order chi connectivity index (χ0) is 52.4. The van der Waals surface area contributed by atoms with E-state index in [-0.39, 0.29) is 44.7 Å². The van der Waals surface area contributed by atoms with Gasteiger partial charge < -0.3 is 91.1 Å². The number of aliphatic hydroxyl groups is 11. The maximum atomic E-state index is 13.5. The number of carbonyl (C=O) groups is 2. The van der Waals surface area contributed by atoms with Crippen LogP contribution in [0.3, 0.4) is 0 Å². The molecule has 14 N–H and O–H groups in total. The van der Waals surface area contributed by atoms with Gasteiger partial charge in [-0.3, -0.25) is 4.79 Å². The van der Waals surface area contributed by atoms with Crippen LogP contribution >= 0.6 is 0 Å². The number of amides is 2. The van der Waals surface area contributed by atoms with Gasteiger partial charge in [-0.05, 0) is 39.5 Å². The largest absolute Gasteiger partial charge is 0.462 e. The highest BCUT2D eigenvalue weighted by atomic mass is 16.7. The smallest absolute Gasteiger partial charge is 0.317 e. The average Bonchev–Trinajstić information content (AvgIpc) is 3.75. The zero-order valence-electron chi connectivity index (χ0n) is 41.2. The number of nitrogens with one attached hydrogen (secondary N) is 1. The fourth-order valence-corrected chi connectivity index (χ4v) is 9.00. The number of cyclic esters (lactones) is 1. The first-order valence-electron chi connectivity index (χ1n) is 24.8. The molecule has 0 aromatic heterocycles. The van der Waals surface area contributed by atoms with Crippen LogP contribution in [-0.2, 0) is 23.7 Å². The Balaban J connectivity index is 1.60. The second kappa shape index (κ2) is 29.3. The van der Waals surface area contributed by atoms with Crippen molar-refractivity contribution in [3.8, 4) is 0 Å². The molecule has 20 atom stereocenters. The Kier molecular flexibility index (Phi) is 24.7. The summed E-state index contributed by atoms with van der Waals surface area (Å²) < 4.78 is 23.8. The monoisotopic (exact) mass is 1010 g/mol. The minimum Gasteiger partial charge on any atom is -0.462 e. The molecule has 4 aliphatic rings. The van der Waals surface area contributed by atoms with E-state index in [4.69, 9.17) is 24.7 Å². The summed E-state index contributed by atoms with van der Waals surface area (Å²) in [6.07, 6.45) is 4.31. The van der Waals surface area contributed by atoms with Crippen LogP contribution in [0.2, 0.25) is 0 Å². The van der Waals surface area contributed by atoms with Crippen molar-refractivity contribution >= 4 is 12.0 Å². The Morgan fingerprint density at radius 1 is 0.676 bits per heavy atom. The van der Waals surface area contributed by atoms with E-state index in [0.717, 1.165) is 0 Å². The van der Waals surface area contributed by atoms with E-state index < -0.39 is 153 Å². The van der Waals surface area contributed by atoms with Crippen LogP contribution in [0.5, 0.6) is 0 Å². The van der Waals surface area contributed by atoms with E-state index in [1.165, 1.54) is 4.90 Å². The molecule has 0 aromatic carbocycles. The summed E-state index contributed by atoms with van der Waals surface area (Å²) in [7, 11) is 0. The van der Waals surface area contributed by atoms with Crippen LogP contribution in [0.4, 0.5) is 4.79 Å². The van der Waals surface area contributed by atoms with Gasteiger partial charge in [0.25, 0.3) is 0 Å². The summed E-state index contributed by atoms with van der Waals surface area (Å²) in [4.78, 5) is 27.5. The second-order valence-electron chi connectivity index (χ2n) is 19.6. The standard InChI is InChI=1S/C51H81N3O17/c1-30-17-15-13-11-9-7-5-6-8-10-12-14-16-18-38(70-49-48(65)44(52)47(64)33(4)69-49)26-42-45(53-50(66)54-22-21-35(56)29-54)41(61)28-51(67,71-42)27-37(58)24-40(60)39(59)20-19-34(55)23-36(57)25-43(62)68-32(3)31(2)46(30)63/h5-18,30-42,44-49,55-61,63-65,67H,19-29,52H2,1-4H3,(H,53,66)/b6-5+,9-7+,10-8+,13-11+,14-12+,17-15+,18-16+/t30-,31-,32-,33+,34+,35-,36+,37-,38?,39+,40+,41-,42-,44-,45+,46+,47+,48-,49?,51+/m0/s1. The third-order valence-corrected chi connectivity index (χ3v) is 13.5. The molecule has 0 saturated carbocycles. The normalized spacial score (nSPS) is 44.8. The van der Waals surface area contributed by atoms with Crippen molar-refractivity contribution in [1.82, 2.24) is 10.2 Å². The summed E-state index contributed by atoms with van der Waals surface area (Å²) in [5, 5.41) is 123. The Morgan fingerprint density at radius 3 is 1.89 bits per heavy atom. The molecule has 4 rings (SSSR count). The first-order chi connectivity index (χ1) is 33.6. The third kappa shape index (κ3) is 19.6. The number of hydrogen-bond donors (Lipinski definition) is 13. The molecule has 402 valence electrons. The summed E-state index contributed by atoms with van der Waals surface area (Å²) in [6.45, 7) is 7.08. The minimum atomic E-state index is -2.27. The van der Waals surface area contributed by atoms with Gasteiger partial charge in [0.2, 0.25) is 0 Å². The van der Waals surface area contributed by atoms with Crippen molar-refractivity contribution in [2.75, 3.05) is 13.1 Å². The lowest BCUT2D eigenvalue weighted by Crippen LogP contribution is -2.64. The van der Waals surface area contributed by atoms with Crippen LogP contribution in [0.25, 0.3) is 0 Å². The van der Waals surface area contributed by atoms with Crippen molar-refractivity contribution in [2.24, 2.45) is 17.6 Å². The molecule has 2 unspecified atom stereocenters. The number of fused-ring (bicyclic) bond motifs is 2. The lowest BCUT2D eigenvalue weighted by molar-refractivity contribution is -0.303. The maximum Gasteiger partial charge on any atom is 0.317 e. The van der Waals surface area contributed by atoms with E-state index in [0.29, 0.717) is 6.42 Å². The number of urea groups is 1. The number of esters is 1. The van der Waals surface area contributed by atoms with E-state index in [1.54, 1.807) is 75.5 Å². The maximum absolute atomic E-state index is 13.5. The van der Waals surface area contributed by atoms with E-state index in [1.807, 2.05) is 37.3 Å². The van der Waals surface area contributed by atoms with E-state index >= 15 is 0 Å². The number of likely N-dealkylation sites (tertiary alicyclic amines) is 1. The first kappa shape index (κ1) is 59.9. The average molecular weight is 1010 g/mol. The molecule has 0 aliphatic carbocycles. The highest BCUT2D eigenvalue weighted by molar-refractivity contribution is 5.75. The fourth-order valence-electron chi connectivity index (χ4n) is 9.00. The van der Waals surface area contributed by atoms with Gasteiger partial charge in [-0.2, -0.15) is 0 Å². The Morgan fingerprint density at radius 2 is 1.28 bits per heavy atom. The topological polar surface area (TPSA) is 335 Å². The van der Waals surface area contributed by atoms with Crippen LogP contribution in [0.15, 0.2) is 85.1 Å². The van der Waals surface area contributed by atoms with Gasteiger partial charge in [-0.1, -0.05) is 98.9 Å². The number of nitrogens with two attached hydrogens (primary N) is 1. The Hall–Kier alpha value is -3.68. The van der Waals surface area contributed by atoms with Crippen LogP contribution in [0, 0.1) is 11.8 Å². The molecular formula is C51H81N3O17. The molecular weight excluding hydrogens is 927 g/mol. The number of aliphatic hydroxyl groups excluding tert-OH is 10. The summed E-state index contributed by atoms with van der Waals surface area (Å²) in [5.74, 6) is -3.74. The Labute approximate surface area is 416 Å². The molecule has 2 bridgehead atoms. The van der Waals surface area contributed by atoms with Crippen LogP contribution in [0.1, 0.15) is 85.5 Å². The highest BCUT2D eigenvalue weighted by Crippen LogP contribution is 2.35. The van der Waals surface area contributed by atoms with Crippen LogP contribution in [-0.4, -0.2) is 196 Å². The minimum absolute atomic E-state index is 0.0469. The van der Waals surface area contributed by atoms with Gasteiger partial charge in [-0.15, -0.1) is 0 Å². The number of ether oxygens (including phenoxy) is 4. The zero-order valence-corrected chi connectivity index (χ0v) is 41.2. The number of rotatable bonds is 3. The predicted octanol–water partition coefficient (Wildman–Crippen LogP) is 0.156. The summed E-state index contributed by atoms with van der Waals surface area (Å²) in [6, 6.07) is -2.94. The highest BCUT2D eigenvalue weighted by Gasteiger charge is 2.49. The van der Waals surface area contributed by atoms with Gasteiger partial charge in [-0.25, -0.2) is 4.79 Å². The summed E-state index contributed by atoms with van der Waals surface area (Å²) in [5.41, 5.74) is 6.11. The number of nitrogens with zero attached hydrogens (tertiary/aromatic N) is 1. The Bertz CT molecular complexity index is 1850. The van der Waals surface area contributed by atoms with E-state index in [2.05, 4.69) is 5.32 Å². The fraction of sp³-hybridized carbons (Fsp3) is 0.686. The molecule has 71 heavy (non-hydrogen) atoms. The quantitative estimate of drug-likeness (QED) is 0.167. The van der Waals surface area contributed by atoms with E-state index in [9.17, 15) is 65.8 Å². The molecule has 0 spiro atoms. The first-order valence-corrected chi connectivity index (χ1v) is 24.8. The molecule has 3 fully saturated rings. The molecule has 4 aliphatic heterocycles. The van der Waals surface area contributed by atoms with Crippen LogP contribution < -0.4 is 11.1 Å². The number of allylic oxidation sites excluding steroid dienone is 12. The molecule has 20 heteroatoms.